The summed E-state index contributed by atoms with van der Waals surface area (Å²) in [5.41, 5.74) is 0.601. The zero-order valence-corrected chi connectivity index (χ0v) is 12.8. The first-order valence-corrected chi connectivity index (χ1v) is 7.57. The van der Waals surface area contributed by atoms with Gasteiger partial charge >= 0.3 is 0 Å². The monoisotopic (exact) mass is 293 g/mol. The lowest BCUT2D eigenvalue weighted by Crippen LogP contribution is -2.24. The summed E-state index contributed by atoms with van der Waals surface area (Å²) in [6.07, 6.45) is 1.03. The Morgan fingerprint density at radius 1 is 1.35 bits per heavy atom. The summed E-state index contributed by atoms with van der Waals surface area (Å²) in [4.78, 5) is 11.7. The van der Waals surface area contributed by atoms with E-state index < -0.39 is 0 Å². The van der Waals surface area contributed by atoms with Gasteiger partial charge in [-0.3, -0.25) is 4.79 Å². The van der Waals surface area contributed by atoms with Crippen LogP contribution >= 0.6 is 11.3 Å². The second-order valence-corrected chi connectivity index (χ2v) is 5.95. The molecule has 2 heterocycles. The molecule has 7 heteroatoms. The van der Waals surface area contributed by atoms with Gasteiger partial charge in [0.2, 0.25) is 5.13 Å². The first-order chi connectivity index (χ1) is 9.60. The highest BCUT2D eigenvalue weighted by Gasteiger charge is 2.10. The standard InChI is InChI=1S/C13H19N5OS/c1-4-7-14-13-16-15-12(20-13)10-5-6-11(19)18(17-10)8-9(2)3/h5-6,9H,4,7-8H2,1-3H3,(H,14,16). The molecular formula is C13H19N5OS. The zero-order valence-electron chi connectivity index (χ0n) is 12.0. The van der Waals surface area contributed by atoms with Crippen LogP contribution in [0.25, 0.3) is 10.7 Å². The number of anilines is 1. The van der Waals surface area contributed by atoms with Crippen molar-refractivity contribution < 1.29 is 0 Å². The number of hydrogen-bond donors (Lipinski definition) is 1. The van der Waals surface area contributed by atoms with Crippen molar-refractivity contribution in [3.63, 3.8) is 0 Å². The third kappa shape index (κ3) is 3.63. The second kappa shape index (κ2) is 6.60. The molecule has 108 valence electrons. The molecule has 2 aromatic rings. The van der Waals surface area contributed by atoms with Gasteiger partial charge in [0.1, 0.15) is 5.69 Å². The molecule has 0 unspecified atom stereocenters. The third-order valence-electron chi connectivity index (χ3n) is 2.58. The lowest BCUT2D eigenvalue weighted by atomic mass is 10.2. The summed E-state index contributed by atoms with van der Waals surface area (Å²) in [7, 11) is 0. The minimum Gasteiger partial charge on any atom is -0.360 e. The second-order valence-electron chi connectivity index (χ2n) is 4.97. The summed E-state index contributed by atoms with van der Waals surface area (Å²) < 4.78 is 1.49. The molecule has 6 nitrogen and oxygen atoms in total. The van der Waals surface area contributed by atoms with Gasteiger partial charge in [-0.15, -0.1) is 10.2 Å². The van der Waals surface area contributed by atoms with Crippen molar-refractivity contribution in [2.75, 3.05) is 11.9 Å². The molecule has 0 fully saturated rings. The minimum atomic E-state index is -0.0868. The molecule has 20 heavy (non-hydrogen) atoms. The van der Waals surface area contributed by atoms with Crippen molar-refractivity contribution in [1.82, 2.24) is 20.0 Å². The molecule has 0 saturated carbocycles. The van der Waals surface area contributed by atoms with E-state index in [9.17, 15) is 4.79 Å². The van der Waals surface area contributed by atoms with Crippen LogP contribution in [0.3, 0.4) is 0 Å². The Kier molecular flexibility index (Phi) is 4.84. The van der Waals surface area contributed by atoms with Gasteiger partial charge in [-0.25, -0.2) is 4.68 Å². The fourth-order valence-corrected chi connectivity index (χ4v) is 2.40. The Morgan fingerprint density at radius 2 is 2.15 bits per heavy atom. The number of nitrogens with one attached hydrogen (secondary N) is 1. The van der Waals surface area contributed by atoms with Crippen LogP contribution in [0.4, 0.5) is 5.13 Å². The summed E-state index contributed by atoms with van der Waals surface area (Å²) in [5, 5.41) is 17.2. The number of rotatable bonds is 6. The third-order valence-corrected chi connectivity index (χ3v) is 3.48. The van der Waals surface area contributed by atoms with Gasteiger partial charge in [-0.1, -0.05) is 32.1 Å². The molecular weight excluding hydrogens is 274 g/mol. The number of aromatic nitrogens is 4. The lowest BCUT2D eigenvalue weighted by Gasteiger charge is -2.07. The summed E-state index contributed by atoms with van der Waals surface area (Å²) in [6, 6.07) is 3.23. The van der Waals surface area contributed by atoms with Crippen molar-refractivity contribution in [1.29, 1.82) is 0 Å². The van der Waals surface area contributed by atoms with Crippen molar-refractivity contribution in [2.24, 2.45) is 5.92 Å². The van der Waals surface area contributed by atoms with E-state index in [-0.39, 0.29) is 5.56 Å². The first-order valence-electron chi connectivity index (χ1n) is 6.76. The Labute approximate surface area is 121 Å². The maximum atomic E-state index is 11.7. The molecule has 0 aliphatic rings. The van der Waals surface area contributed by atoms with E-state index in [0.717, 1.165) is 23.1 Å². The van der Waals surface area contributed by atoms with E-state index >= 15 is 0 Å². The topological polar surface area (TPSA) is 72.7 Å². The van der Waals surface area contributed by atoms with Gasteiger partial charge in [-0.05, 0) is 18.4 Å². The highest BCUT2D eigenvalue weighted by molar-refractivity contribution is 7.18. The first kappa shape index (κ1) is 14.6. The Bertz CT molecular complexity index is 619. The summed E-state index contributed by atoms with van der Waals surface area (Å²) in [5.74, 6) is 0.367. The minimum absolute atomic E-state index is 0.0868. The number of hydrogen-bond acceptors (Lipinski definition) is 6. The summed E-state index contributed by atoms with van der Waals surface area (Å²) >= 11 is 1.45. The van der Waals surface area contributed by atoms with E-state index in [1.54, 1.807) is 6.07 Å². The van der Waals surface area contributed by atoms with Crippen LogP contribution in [0.2, 0.25) is 0 Å². The zero-order chi connectivity index (χ0) is 14.5. The van der Waals surface area contributed by atoms with E-state index in [4.69, 9.17) is 0 Å². The van der Waals surface area contributed by atoms with Gasteiger partial charge < -0.3 is 5.32 Å². The molecule has 0 aromatic carbocycles. The van der Waals surface area contributed by atoms with Gasteiger partial charge in [0, 0.05) is 19.2 Å². The molecule has 0 atom stereocenters. The summed E-state index contributed by atoms with van der Waals surface area (Å²) in [6.45, 7) is 7.68. The Morgan fingerprint density at radius 3 is 2.85 bits per heavy atom. The smallest absolute Gasteiger partial charge is 0.266 e. The molecule has 0 amide bonds. The fourth-order valence-electron chi connectivity index (χ4n) is 1.67. The van der Waals surface area contributed by atoms with Crippen LogP contribution in [-0.2, 0) is 6.54 Å². The molecule has 2 aromatic heterocycles. The largest absolute Gasteiger partial charge is 0.360 e. The van der Waals surface area contributed by atoms with Crippen LogP contribution in [0.1, 0.15) is 27.2 Å². The average molecular weight is 293 g/mol. The average Bonchev–Trinajstić information content (AvgIpc) is 2.87. The highest BCUT2D eigenvalue weighted by Crippen LogP contribution is 2.23. The van der Waals surface area contributed by atoms with Crippen LogP contribution in [0, 0.1) is 5.92 Å². The SMILES string of the molecule is CCCNc1nnc(-c2ccc(=O)n(CC(C)C)n2)s1. The van der Waals surface area contributed by atoms with Gasteiger partial charge in [0.05, 0.1) is 0 Å². The van der Waals surface area contributed by atoms with Gasteiger partial charge in [0.15, 0.2) is 5.01 Å². The van der Waals surface area contributed by atoms with Gasteiger partial charge in [-0.2, -0.15) is 5.10 Å². The molecule has 0 bridgehead atoms. The molecule has 0 spiro atoms. The van der Waals surface area contributed by atoms with Crippen LogP contribution in [0.5, 0.6) is 0 Å². The maximum Gasteiger partial charge on any atom is 0.266 e. The highest BCUT2D eigenvalue weighted by atomic mass is 32.1. The van der Waals surface area contributed by atoms with Gasteiger partial charge in [0.25, 0.3) is 5.56 Å². The normalized spacial score (nSPS) is 11.0. The van der Waals surface area contributed by atoms with Crippen molar-refractivity contribution in [3.05, 3.63) is 22.5 Å². The van der Waals surface area contributed by atoms with Crippen LogP contribution < -0.4 is 10.9 Å². The maximum absolute atomic E-state index is 11.7. The number of nitrogens with zero attached hydrogens (tertiary/aromatic N) is 4. The molecule has 0 aliphatic carbocycles. The Balaban J connectivity index is 2.24. The molecule has 1 N–H and O–H groups in total. The van der Waals surface area contributed by atoms with E-state index in [2.05, 4.69) is 41.4 Å². The van der Waals surface area contributed by atoms with E-state index in [0.29, 0.717) is 18.2 Å². The molecule has 0 radical (unpaired) electrons. The van der Waals surface area contributed by atoms with Crippen molar-refractivity contribution in [3.8, 4) is 10.7 Å². The van der Waals surface area contributed by atoms with E-state index in [1.807, 2.05) is 0 Å². The molecule has 0 aliphatic heterocycles. The quantitative estimate of drug-likeness (QED) is 0.884. The molecule has 2 rings (SSSR count). The predicted molar refractivity (Wildman–Crippen MR) is 81.0 cm³/mol. The fraction of sp³-hybridized carbons (Fsp3) is 0.538. The predicted octanol–water partition coefficient (Wildman–Crippen LogP) is 2.24. The lowest BCUT2D eigenvalue weighted by molar-refractivity contribution is 0.465. The molecule has 0 saturated heterocycles. The Hall–Kier alpha value is -1.76. The van der Waals surface area contributed by atoms with Crippen LogP contribution in [0.15, 0.2) is 16.9 Å². The van der Waals surface area contributed by atoms with Crippen molar-refractivity contribution >= 4 is 16.5 Å². The van der Waals surface area contributed by atoms with Crippen LogP contribution in [-0.4, -0.2) is 26.5 Å². The van der Waals surface area contributed by atoms with Crippen molar-refractivity contribution in [2.45, 2.75) is 33.7 Å². The van der Waals surface area contributed by atoms with E-state index in [1.165, 1.54) is 22.1 Å².